The number of hydrogen-bond donors (Lipinski definition) is 0. The summed E-state index contributed by atoms with van der Waals surface area (Å²) in [4.78, 5) is 6.59. The van der Waals surface area contributed by atoms with Gasteiger partial charge in [-0.05, 0) is 50.2 Å². The van der Waals surface area contributed by atoms with Crippen LogP contribution in [0.5, 0.6) is 0 Å². The lowest BCUT2D eigenvalue weighted by Crippen LogP contribution is -2.17. The second-order valence-electron chi connectivity index (χ2n) is 5.70. The molecule has 4 rings (SSSR count). The zero-order chi connectivity index (χ0) is 15.6. The molecule has 6 heteroatoms. The molecule has 1 aliphatic rings. The van der Waals surface area contributed by atoms with Gasteiger partial charge in [-0.1, -0.05) is 12.1 Å². The highest BCUT2D eigenvalue weighted by atomic mass is 19.1. The van der Waals surface area contributed by atoms with E-state index in [0.29, 0.717) is 17.3 Å². The highest BCUT2D eigenvalue weighted by Crippen LogP contribution is 2.25. The first-order valence-electron chi connectivity index (χ1n) is 7.77. The number of hydrogen-bond acceptors (Lipinski definition) is 4. The third-order valence-electron chi connectivity index (χ3n) is 4.09. The average Bonchev–Trinajstić information content (AvgIpc) is 3.28. The Labute approximate surface area is 133 Å². The van der Waals surface area contributed by atoms with Crippen LogP contribution in [0.25, 0.3) is 17.3 Å². The van der Waals surface area contributed by atoms with Gasteiger partial charge in [0.25, 0.3) is 0 Å². The van der Waals surface area contributed by atoms with Gasteiger partial charge in [0.1, 0.15) is 23.6 Å². The number of likely N-dealkylation sites (tertiary alicyclic amines) is 1. The van der Waals surface area contributed by atoms with Crippen LogP contribution in [0.2, 0.25) is 0 Å². The molecular weight excluding hydrogens is 295 g/mol. The van der Waals surface area contributed by atoms with Crippen LogP contribution in [-0.4, -0.2) is 32.8 Å². The number of nitrogens with zero attached hydrogens (tertiary/aromatic N) is 4. The topological polar surface area (TPSA) is 47.1 Å². The maximum atomic E-state index is 14.0. The van der Waals surface area contributed by atoms with Gasteiger partial charge in [0.2, 0.25) is 0 Å². The van der Waals surface area contributed by atoms with Crippen molar-refractivity contribution in [3.8, 4) is 17.3 Å². The Balaban J connectivity index is 1.63. The lowest BCUT2D eigenvalue weighted by atomic mass is 10.3. The minimum Gasteiger partial charge on any atom is -0.456 e. The van der Waals surface area contributed by atoms with Gasteiger partial charge in [0, 0.05) is 0 Å². The lowest BCUT2D eigenvalue weighted by molar-refractivity contribution is 0.299. The van der Waals surface area contributed by atoms with Crippen LogP contribution >= 0.6 is 0 Å². The van der Waals surface area contributed by atoms with Crippen LogP contribution in [0, 0.1) is 5.82 Å². The van der Waals surface area contributed by atoms with E-state index < -0.39 is 0 Å². The Kier molecular flexibility index (Phi) is 3.67. The predicted molar refractivity (Wildman–Crippen MR) is 83.5 cm³/mol. The van der Waals surface area contributed by atoms with Gasteiger partial charge < -0.3 is 4.42 Å². The van der Waals surface area contributed by atoms with Crippen molar-refractivity contribution in [1.29, 1.82) is 0 Å². The van der Waals surface area contributed by atoms with Gasteiger partial charge in [-0.25, -0.2) is 14.1 Å². The van der Waals surface area contributed by atoms with Crippen molar-refractivity contribution in [2.75, 3.05) is 13.1 Å². The molecular formula is C17H17FN4O. The fraction of sp³-hybridized carbons (Fsp3) is 0.294. The molecule has 0 unspecified atom stereocenters. The summed E-state index contributed by atoms with van der Waals surface area (Å²) in [5, 5.41) is 4.13. The number of aromatic nitrogens is 3. The number of benzene rings is 1. The van der Waals surface area contributed by atoms with E-state index >= 15 is 0 Å². The predicted octanol–water partition coefficient (Wildman–Crippen LogP) is 3.26. The Bertz CT molecular complexity index is 804. The molecule has 0 N–H and O–H groups in total. The first-order valence-corrected chi connectivity index (χ1v) is 7.77. The second kappa shape index (κ2) is 5.96. The SMILES string of the molecule is Fc1ccccc1-n1ncnc1-c1ccc(CN2CCCC2)o1. The smallest absolute Gasteiger partial charge is 0.199 e. The molecule has 0 aliphatic carbocycles. The molecule has 1 fully saturated rings. The van der Waals surface area contributed by atoms with Crippen LogP contribution in [0.3, 0.4) is 0 Å². The quantitative estimate of drug-likeness (QED) is 0.742. The standard InChI is InChI=1S/C17H17FN4O/c18-14-5-1-2-6-15(14)22-17(19-12-20-22)16-8-7-13(23-16)11-21-9-3-4-10-21/h1-2,5-8,12H,3-4,9-11H2. The third-order valence-corrected chi connectivity index (χ3v) is 4.09. The molecule has 0 saturated carbocycles. The Hall–Kier alpha value is -2.47. The van der Waals surface area contributed by atoms with Crippen molar-refractivity contribution in [2.24, 2.45) is 0 Å². The summed E-state index contributed by atoms with van der Waals surface area (Å²) in [6.45, 7) is 3.02. The van der Waals surface area contributed by atoms with Gasteiger partial charge in [0.05, 0.1) is 6.54 Å². The molecule has 118 valence electrons. The van der Waals surface area contributed by atoms with Crippen molar-refractivity contribution < 1.29 is 8.81 Å². The van der Waals surface area contributed by atoms with Crippen molar-refractivity contribution in [2.45, 2.75) is 19.4 Å². The van der Waals surface area contributed by atoms with E-state index in [-0.39, 0.29) is 5.82 Å². The van der Waals surface area contributed by atoms with Crippen LogP contribution in [0.1, 0.15) is 18.6 Å². The van der Waals surface area contributed by atoms with E-state index in [4.69, 9.17) is 4.42 Å². The molecule has 0 spiro atoms. The fourth-order valence-electron chi connectivity index (χ4n) is 2.95. The van der Waals surface area contributed by atoms with Gasteiger partial charge in [-0.15, -0.1) is 0 Å². The van der Waals surface area contributed by atoms with E-state index in [0.717, 1.165) is 25.4 Å². The molecule has 2 aromatic heterocycles. The van der Waals surface area contributed by atoms with Crippen molar-refractivity contribution in [1.82, 2.24) is 19.7 Å². The van der Waals surface area contributed by atoms with Gasteiger partial charge in [-0.3, -0.25) is 4.90 Å². The molecule has 5 nitrogen and oxygen atoms in total. The molecule has 3 aromatic rings. The van der Waals surface area contributed by atoms with Gasteiger partial charge >= 0.3 is 0 Å². The van der Waals surface area contributed by atoms with Crippen LogP contribution in [-0.2, 0) is 6.54 Å². The van der Waals surface area contributed by atoms with E-state index in [1.54, 1.807) is 18.2 Å². The Morgan fingerprint density at radius 1 is 1.09 bits per heavy atom. The Morgan fingerprint density at radius 2 is 1.91 bits per heavy atom. The highest BCUT2D eigenvalue weighted by Gasteiger charge is 2.18. The number of furan rings is 1. The fourth-order valence-corrected chi connectivity index (χ4v) is 2.95. The zero-order valence-electron chi connectivity index (χ0n) is 12.7. The number of para-hydroxylation sites is 1. The molecule has 1 aliphatic heterocycles. The summed E-state index contributed by atoms with van der Waals surface area (Å²) in [6, 6.07) is 10.3. The Morgan fingerprint density at radius 3 is 2.74 bits per heavy atom. The van der Waals surface area contributed by atoms with Crippen molar-refractivity contribution >= 4 is 0 Å². The number of rotatable bonds is 4. The summed E-state index contributed by atoms with van der Waals surface area (Å²) in [6.07, 6.45) is 3.90. The molecule has 1 aromatic carbocycles. The minimum atomic E-state index is -0.344. The summed E-state index contributed by atoms with van der Waals surface area (Å²) in [5.74, 6) is 1.65. The molecule has 23 heavy (non-hydrogen) atoms. The molecule has 3 heterocycles. The van der Waals surface area contributed by atoms with Crippen LogP contribution < -0.4 is 0 Å². The van der Waals surface area contributed by atoms with Gasteiger partial charge in [-0.2, -0.15) is 5.10 Å². The summed E-state index contributed by atoms with van der Waals surface area (Å²) in [7, 11) is 0. The molecule has 0 bridgehead atoms. The largest absolute Gasteiger partial charge is 0.456 e. The monoisotopic (exact) mass is 312 g/mol. The summed E-state index contributed by atoms with van der Waals surface area (Å²) in [5.41, 5.74) is 0.359. The second-order valence-corrected chi connectivity index (χ2v) is 5.70. The molecule has 0 amide bonds. The molecule has 0 radical (unpaired) electrons. The maximum Gasteiger partial charge on any atom is 0.199 e. The first-order chi connectivity index (χ1) is 11.3. The summed E-state index contributed by atoms with van der Waals surface area (Å²) < 4.78 is 21.4. The van der Waals surface area contributed by atoms with E-state index in [9.17, 15) is 4.39 Å². The summed E-state index contributed by atoms with van der Waals surface area (Å²) >= 11 is 0. The first kappa shape index (κ1) is 14.1. The maximum absolute atomic E-state index is 14.0. The third kappa shape index (κ3) is 2.77. The average molecular weight is 312 g/mol. The van der Waals surface area contributed by atoms with E-state index in [1.807, 2.05) is 12.1 Å². The normalized spacial score (nSPS) is 15.3. The van der Waals surface area contributed by atoms with Crippen molar-refractivity contribution in [3.63, 3.8) is 0 Å². The molecule has 0 atom stereocenters. The highest BCUT2D eigenvalue weighted by molar-refractivity contribution is 5.51. The minimum absolute atomic E-state index is 0.344. The van der Waals surface area contributed by atoms with E-state index in [2.05, 4.69) is 15.0 Å². The van der Waals surface area contributed by atoms with E-state index in [1.165, 1.54) is 29.9 Å². The van der Waals surface area contributed by atoms with Gasteiger partial charge in [0.15, 0.2) is 11.6 Å². The number of halogens is 1. The van der Waals surface area contributed by atoms with Crippen LogP contribution in [0.15, 0.2) is 47.1 Å². The zero-order valence-corrected chi connectivity index (χ0v) is 12.7. The van der Waals surface area contributed by atoms with Crippen LogP contribution in [0.4, 0.5) is 4.39 Å². The lowest BCUT2D eigenvalue weighted by Gasteiger charge is -2.11. The molecule has 1 saturated heterocycles. The van der Waals surface area contributed by atoms with Crippen molar-refractivity contribution in [3.05, 3.63) is 54.3 Å².